The Kier molecular flexibility index (Phi) is 12.6. The van der Waals surface area contributed by atoms with E-state index in [1.807, 2.05) is 0 Å². The standard InChI is InChI=1S/C11H13O.3C4H9.Sn/c12-10-6-2-5-9-11-7-3-1-4-8-11;3*1-3-4-2;/h1,3-4,7-9,12H,2,6,10H2;3*1,3-4H2,2H3;. The van der Waals surface area contributed by atoms with E-state index in [1.165, 1.54) is 57.4 Å². The Labute approximate surface area is 160 Å². The number of benzene rings is 1. The molecule has 0 spiro atoms. The Bertz CT molecular complexity index is 444. The minimum absolute atomic E-state index is 0.323. The van der Waals surface area contributed by atoms with Gasteiger partial charge in [-0.1, -0.05) is 0 Å². The number of allylic oxidation sites excluding steroid dienone is 1. The van der Waals surface area contributed by atoms with Crippen molar-refractivity contribution in [1.29, 1.82) is 0 Å². The zero-order valence-electron chi connectivity index (χ0n) is 16.9. The zero-order chi connectivity index (χ0) is 18.4. The van der Waals surface area contributed by atoms with E-state index in [1.54, 1.807) is 3.59 Å². The minimum atomic E-state index is -2.37. The Morgan fingerprint density at radius 3 is 1.80 bits per heavy atom. The van der Waals surface area contributed by atoms with E-state index in [2.05, 4.69) is 57.2 Å². The third-order valence-electron chi connectivity index (χ3n) is 5.45. The van der Waals surface area contributed by atoms with Crippen LogP contribution in [-0.2, 0) is 0 Å². The molecule has 1 aromatic rings. The van der Waals surface area contributed by atoms with Gasteiger partial charge < -0.3 is 0 Å². The Hall–Kier alpha value is -0.281. The third-order valence-corrected chi connectivity index (χ3v) is 21.7. The number of aliphatic hydroxyl groups is 1. The summed E-state index contributed by atoms with van der Waals surface area (Å²) in [6, 6.07) is 10.9. The van der Waals surface area contributed by atoms with Crippen molar-refractivity contribution in [1.82, 2.24) is 0 Å². The van der Waals surface area contributed by atoms with Crippen LogP contribution < -0.4 is 0 Å². The SMILES string of the molecule is CCC[CH2][Sn]([CH2]CCC)([CH2]CCC)/[C](=C/c1ccccc1)CCCO. The summed E-state index contributed by atoms with van der Waals surface area (Å²) in [5, 5.41) is 9.47. The van der Waals surface area contributed by atoms with Gasteiger partial charge in [-0.2, -0.15) is 0 Å². The molecule has 0 aliphatic heterocycles. The molecule has 2 heteroatoms. The van der Waals surface area contributed by atoms with E-state index >= 15 is 0 Å². The van der Waals surface area contributed by atoms with Gasteiger partial charge in [0, 0.05) is 0 Å². The molecule has 0 unspecified atom stereocenters. The maximum atomic E-state index is 9.47. The molecule has 0 fully saturated rings. The first-order valence-corrected chi connectivity index (χ1v) is 18.1. The van der Waals surface area contributed by atoms with Crippen LogP contribution in [0.1, 0.15) is 77.7 Å². The summed E-state index contributed by atoms with van der Waals surface area (Å²) >= 11 is -2.37. The van der Waals surface area contributed by atoms with E-state index in [-0.39, 0.29) is 0 Å². The van der Waals surface area contributed by atoms with Gasteiger partial charge >= 0.3 is 161 Å². The predicted octanol–water partition coefficient (Wildman–Crippen LogP) is 7.23. The van der Waals surface area contributed by atoms with Crippen molar-refractivity contribution in [2.24, 2.45) is 0 Å². The van der Waals surface area contributed by atoms with Crippen LogP contribution in [0.25, 0.3) is 6.08 Å². The molecule has 0 saturated carbocycles. The van der Waals surface area contributed by atoms with Crippen LogP contribution >= 0.6 is 0 Å². The maximum absolute atomic E-state index is 9.47. The summed E-state index contributed by atoms with van der Waals surface area (Å²) in [7, 11) is 0. The second-order valence-corrected chi connectivity index (χ2v) is 20.9. The van der Waals surface area contributed by atoms with E-state index in [9.17, 15) is 5.11 Å². The molecule has 0 radical (unpaired) electrons. The first kappa shape index (κ1) is 22.8. The first-order chi connectivity index (χ1) is 12.2. The Morgan fingerprint density at radius 1 is 0.840 bits per heavy atom. The predicted molar refractivity (Wildman–Crippen MR) is 116 cm³/mol. The van der Waals surface area contributed by atoms with Crippen LogP contribution in [0, 0.1) is 0 Å². The topological polar surface area (TPSA) is 20.2 Å². The van der Waals surface area contributed by atoms with Crippen LogP contribution in [0.15, 0.2) is 33.9 Å². The normalized spacial score (nSPS) is 12.6. The average Bonchev–Trinajstić information content (AvgIpc) is 2.66. The molecule has 0 heterocycles. The van der Waals surface area contributed by atoms with Crippen molar-refractivity contribution in [3.05, 3.63) is 39.5 Å². The number of hydrogen-bond donors (Lipinski definition) is 1. The van der Waals surface area contributed by atoms with Crippen LogP contribution in [0.2, 0.25) is 13.3 Å². The van der Waals surface area contributed by atoms with Gasteiger partial charge in [-0.05, 0) is 0 Å². The number of rotatable bonds is 14. The molecule has 1 aromatic carbocycles. The van der Waals surface area contributed by atoms with Crippen molar-refractivity contribution in [3.8, 4) is 0 Å². The summed E-state index contributed by atoms with van der Waals surface area (Å²) in [5.74, 6) is 0. The third kappa shape index (κ3) is 8.30. The van der Waals surface area contributed by atoms with Gasteiger partial charge in [-0.25, -0.2) is 0 Å². The molecule has 1 rings (SSSR count). The average molecular weight is 451 g/mol. The molecular formula is C23H40OSn. The molecule has 25 heavy (non-hydrogen) atoms. The molecule has 142 valence electrons. The fourth-order valence-electron chi connectivity index (χ4n) is 3.91. The number of unbranched alkanes of at least 4 members (excludes halogenated alkanes) is 3. The zero-order valence-corrected chi connectivity index (χ0v) is 19.8. The summed E-state index contributed by atoms with van der Waals surface area (Å²) in [4.78, 5) is 0. The first-order valence-electron chi connectivity index (χ1n) is 10.6. The van der Waals surface area contributed by atoms with Gasteiger partial charge in [0.15, 0.2) is 0 Å². The molecule has 0 bridgehead atoms. The van der Waals surface area contributed by atoms with Crippen molar-refractivity contribution < 1.29 is 5.11 Å². The molecule has 1 nitrogen and oxygen atoms in total. The second kappa shape index (κ2) is 13.9. The van der Waals surface area contributed by atoms with Crippen LogP contribution in [0.4, 0.5) is 0 Å². The van der Waals surface area contributed by atoms with Crippen molar-refractivity contribution >= 4 is 24.5 Å². The van der Waals surface area contributed by atoms with Crippen LogP contribution in [-0.4, -0.2) is 30.1 Å². The van der Waals surface area contributed by atoms with Gasteiger partial charge in [-0.3, -0.25) is 0 Å². The molecule has 0 saturated heterocycles. The van der Waals surface area contributed by atoms with Crippen molar-refractivity contribution in [3.63, 3.8) is 0 Å². The molecule has 0 aliphatic rings. The molecule has 0 atom stereocenters. The Balaban J connectivity index is 3.23. The van der Waals surface area contributed by atoms with Crippen molar-refractivity contribution in [2.45, 2.75) is 85.4 Å². The molecule has 0 amide bonds. The van der Waals surface area contributed by atoms with E-state index in [0.29, 0.717) is 6.61 Å². The van der Waals surface area contributed by atoms with E-state index < -0.39 is 18.4 Å². The monoisotopic (exact) mass is 452 g/mol. The van der Waals surface area contributed by atoms with Gasteiger partial charge in [0.2, 0.25) is 0 Å². The second-order valence-electron chi connectivity index (χ2n) is 7.50. The number of hydrogen-bond acceptors (Lipinski definition) is 1. The molecule has 1 N–H and O–H groups in total. The number of aliphatic hydroxyl groups excluding tert-OH is 1. The summed E-state index contributed by atoms with van der Waals surface area (Å²) in [6.45, 7) is 7.34. The van der Waals surface area contributed by atoms with Gasteiger partial charge in [0.05, 0.1) is 0 Å². The summed E-state index contributed by atoms with van der Waals surface area (Å²) < 4.78 is 6.32. The van der Waals surface area contributed by atoms with Crippen LogP contribution in [0.5, 0.6) is 0 Å². The van der Waals surface area contributed by atoms with E-state index in [0.717, 1.165) is 12.8 Å². The molecule has 0 aromatic heterocycles. The summed E-state index contributed by atoms with van der Waals surface area (Å²) in [5.41, 5.74) is 1.36. The van der Waals surface area contributed by atoms with E-state index in [4.69, 9.17) is 0 Å². The van der Waals surface area contributed by atoms with Gasteiger partial charge in [-0.15, -0.1) is 0 Å². The van der Waals surface area contributed by atoms with Gasteiger partial charge in [0.1, 0.15) is 0 Å². The fraction of sp³-hybridized carbons (Fsp3) is 0.652. The van der Waals surface area contributed by atoms with Gasteiger partial charge in [0.25, 0.3) is 0 Å². The fourth-order valence-corrected chi connectivity index (χ4v) is 21.0. The van der Waals surface area contributed by atoms with Crippen LogP contribution in [0.3, 0.4) is 0 Å². The molecular weight excluding hydrogens is 411 g/mol. The van der Waals surface area contributed by atoms with Crippen molar-refractivity contribution in [2.75, 3.05) is 6.61 Å². The quantitative estimate of drug-likeness (QED) is 0.296. The Morgan fingerprint density at radius 2 is 1.36 bits per heavy atom. The summed E-state index contributed by atoms with van der Waals surface area (Å²) in [6.07, 6.45) is 12.7. The molecule has 0 aliphatic carbocycles.